The summed E-state index contributed by atoms with van der Waals surface area (Å²) in [5.41, 5.74) is 6.65. The molecule has 0 radical (unpaired) electrons. The molecule has 19 heavy (non-hydrogen) atoms. The summed E-state index contributed by atoms with van der Waals surface area (Å²) in [6.45, 7) is 1.52. The summed E-state index contributed by atoms with van der Waals surface area (Å²) in [6.07, 6.45) is 2.71. The number of ether oxygens (including phenoxy) is 1. The van der Waals surface area contributed by atoms with E-state index in [-0.39, 0.29) is 0 Å². The highest BCUT2D eigenvalue weighted by Crippen LogP contribution is 2.13. The molecule has 1 aromatic carbocycles. The quantitative estimate of drug-likeness (QED) is 0.752. The van der Waals surface area contributed by atoms with E-state index in [0.717, 1.165) is 42.9 Å². The van der Waals surface area contributed by atoms with Gasteiger partial charge in [-0.2, -0.15) is 0 Å². The van der Waals surface area contributed by atoms with Crippen molar-refractivity contribution >= 4 is 0 Å². The maximum Gasteiger partial charge on any atom is 0.155 e. The molecule has 0 aliphatic carbocycles. The van der Waals surface area contributed by atoms with Crippen molar-refractivity contribution in [3.63, 3.8) is 0 Å². The smallest absolute Gasteiger partial charge is 0.155 e. The van der Waals surface area contributed by atoms with Crippen LogP contribution in [0, 0.1) is 0 Å². The van der Waals surface area contributed by atoms with E-state index in [0.29, 0.717) is 6.54 Å². The zero-order chi connectivity index (χ0) is 13.5. The number of rotatable bonds is 7. The third kappa shape index (κ3) is 3.75. The molecule has 0 unspecified atom stereocenters. The summed E-state index contributed by atoms with van der Waals surface area (Å²) in [6, 6.07) is 7.94. The van der Waals surface area contributed by atoms with Crippen LogP contribution in [0.15, 0.2) is 24.3 Å². The second-order valence-electron chi connectivity index (χ2n) is 4.34. The van der Waals surface area contributed by atoms with Crippen LogP contribution in [0.4, 0.5) is 0 Å². The standard InChI is InChI=1S/C13H19N5O/c1-19-12-6-4-11(5-7-12)10-13-15-16-17-18(13)9-3-2-8-14/h4-7H,2-3,8-10,14H2,1H3. The fraction of sp³-hybridized carbons (Fsp3) is 0.462. The Balaban J connectivity index is 1.99. The Bertz CT molecular complexity index is 494. The molecule has 0 saturated heterocycles. The molecular weight excluding hydrogens is 242 g/mol. The van der Waals surface area contributed by atoms with Crippen LogP contribution in [-0.2, 0) is 13.0 Å². The van der Waals surface area contributed by atoms with Gasteiger partial charge < -0.3 is 10.5 Å². The predicted octanol–water partition coefficient (Wildman–Crippen LogP) is 1.01. The van der Waals surface area contributed by atoms with Crippen molar-refractivity contribution < 1.29 is 4.74 Å². The molecule has 0 bridgehead atoms. The molecular formula is C13H19N5O. The topological polar surface area (TPSA) is 78.9 Å². The number of aromatic nitrogens is 4. The van der Waals surface area contributed by atoms with Gasteiger partial charge in [0.2, 0.25) is 0 Å². The van der Waals surface area contributed by atoms with Crippen LogP contribution in [0.5, 0.6) is 5.75 Å². The zero-order valence-electron chi connectivity index (χ0n) is 11.1. The summed E-state index contributed by atoms with van der Waals surface area (Å²) in [4.78, 5) is 0. The molecule has 102 valence electrons. The molecule has 2 N–H and O–H groups in total. The lowest BCUT2D eigenvalue weighted by molar-refractivity contribution is 0.414. The average Bonchev–Trinajstić information content (AvgIpc) is 2.87. The van der Waals surface area contributed by atoms with Crippen molar-refractivity contribution in [2.75, 3.05) is 13.7 Å². The number of nitrogens with zero attached hydrogens (tertiary/aromatic N) is 4. The molecule has 0 amide bonds. The fourth-order valence-electron chi connectivity index (χ4n) is 1.86. The maximum absolute atomic E-state index is 5.48. The van der Waals surface area contributed by atoms with Gasteiger partial charge in [-0.1, -0.05) is 12.1 Å². The first kappa shape index (κ1) is 13.5. The molecule has 2 aromatic rings. The number of unbranched alkanes of at least 4 members (excludes halogenated alkanes) is 1. The summed E-state index contributed by atoms with van der Waals surface area (Å²) in [5.74, 6) is 1.73. The number of tetrazole rings is 1. The van der Waals surface area contributed by atoms with E-state index in [9.17, 15) is 0 Å². The Morgan fingerprint density at radius 2 is 2.00 bits per heavy atom. The predicted molar refractivity (Wildman–Crippen MR) is 71.9 cm³/mol. The minimum atomic E-state index is 0.704. The van der Waals surface area contributed by atoms with E-state index in [4.69, 9.17) is 10.5 Å². The molecule has 2 rings (SSSR count). The summed E-state index contributed by atoms with van der Waals surface area (Å²) < 4.78 is 6.98. The van der Waals surface area contributed by atoms with Gasteiger partial charge in [-0.15, -0.1) is 5.10 Å². The molecule has 6 nitrogen and oxygen atoms in total. The highest BCUT2D eigenvalue weighted by Gasteiger charge is 2.06. The second kappa shape index (κ2) is 6.84. The second-order valence-corrected chi connectivity index (χ2v) is 4.34. The third-order valence-corrected chi connectivity index (χ3v) is 2.95. The summed E-state index contributed by atoms with van der Waals surface area (Å²) in [7, 11) is 1.66. The summed E-state index contributed by atoms with van der Waals surface area (Å²) in [5, 5.41) is 11.8. The number of benzene rings is 1. The average molecular weight is 261 g/mol. The SMILES string of the molecule is COc1ccc(Cc2nnnn2CCCCN)cc1. The van der Waals surface area contributed by atoms with E-state index in [1.807, 2.05) is 28.9 Å². The van der Waals surface area contributed by atoms with Crippen LogP contribution in [0.2, 0.25) is 0 Å². The molecule has 0 saturated carbocycles. The van der Waals surface area contributed by atoms with Crippen LogP contribution >= 0.6 is 0 Å². The number of methoxy groups -OCH3 is 1. The maximum atomic E-state index is 5.48. The lowest BCUT2D eigenvalue weighted by Crippen LogP contribution is -2.08. The molecule has 1 heterocycles. The molecule has 0 aliphatic heterocycles. The van der Waals surface area contributed by atoms with Crippen molar-refractivity contribution in [1.82, 2.24) is 20.2 Å². The van der Waals surface area contributed by atoms with Crippen molar-refractivity contribution in [3.05, 3.63) is 35.7 Å². The van der Waals surface area contributed by atoms with E-state index >= 15 is 0 Å². The Morgan fingerprint density at radius 3 is 2.68 bits per heavy atom. The third-order valence-electron chi connectivity index (χ3n) is 2.95. The van der Waals surface area contributed by atoms with Crippen LogP contribution in [0.25, 0.3) is 0 Å². The number of nitrogens with two attached hydrogens (primary N) is 1. The Labute approximate surface area is 112 Å². The van der Waals surface area contributed by atoms with Gasteiger partial charge in [0.1, 0.15) is 5.75 Å². The van der Waals surface area contributed by atoms with E-state index in [1.165, 1.54) is 0 Å². The van der Waals surface area contributed by atoms with Gasteiger partial charge in [0, 0.05) is 13.0 Å². The monoisotopic (exact) mass is 261 g/mol. The van der Waals surface area contributed by atoms with Crippen molar-refractivity contribution in [1.29, 1.82) is 0 Å². The van der Waals surface area contributed by atoms with Gasteiger partial charge in [0.05, 0.1) is 7.11 Å². The van der Waals surface area contributed by atoms with Gasteiger partial charge >= 0.3 is 0 Å². The first-order valence-electron chi connectivity index (χ1n) is 6.41. The number of hydrogen-bond donors (Lipinski definition) is 1. The zero-order valence-corrected chi connectivity index (χ0v) is 11.1. The van der Waals surface area contributed by atoms with Gasteiger partial charge in [-0.3, -0.25) is 0 Å². The first-order chi connectivity index (χ1) is 9.33. The van der Waals surface area contributed by atoms with Gasteiger partial charge in [-0.25, -0.2) is 4.68 Å². The van der Waals surface area contributed by atoms with Crippen LogP contribution in [0.3, 0.4) is 0 Å². The minimum Gasteiger partial charge on any atom is -0.497 e. The van der Waals surface area contributed by atoms with Gasteiger partial charge in [-0.05, 0) is 47.5 Å². The molecule has 6 heteroatoms. The van der Waals surface area contributed by atoms with E-state index in [1.54, 1.807) is 7.11 Å². The van der Waals surface area contributed by atoms with Crippen LogP contribution < -0.4 is 10.5 Å². The highest BCUT2D eigenvalue weighted by atomic mass is 16.5. The first-order valence-corrected chi connectivity index (χ1v) is 6.41. The van der Waals surface area contributed by atoms with Crippen LogP contribution in [0.1, 0.15) is 24.2 Å². The largest absolute Gasteiger partial charge is 0.497 e. The fourth-order valence-corrected chi connectivity index (χ4v) is 1.86. The number of aryl methyl sites for hydroxylation is 1. The number of hydrogen-bond acceptors (Lipinski definition) is 5. The molecule has 0 atom stereocenters. The summed E-state index contributed by atoms with van der Waals surface area (Å²) >= 11 is 0. The minimum absolute atomic E-state index is 0.704. The molecule has 0 fully saturated rings. The Morgan fingerprint density at radius 1 is 1.21 bits per heavy atom. The Kier molecular flexibility index (Phi) is 4.85. The molecule has 0 spiro atoms. The highest BCUT2D eigenvalue weighted by molar-refractivity contribution is 5.28. The normalized spacial score (nSPS) is 10.6. The Hall–Kier alpha value is -1.95. The van der Waals surface area contributed by atoms with E-state index < -0.39 is 0 Å². The molecule has 0 aliphatic rings. The molecule has 1 aromatic heterocycles. The van der Waals surface area contributed by atoms with Crippen molar-refractivity contribution in [3.8, 4) is 5.75 Å². The van der Waals surface area contributed by atoms with E-state index in [2.05, 4.69) is 15.5 Å². The lowest BCUT2D eigenvalue weighted by Gasteiger charge is -2.05. The van der Waals surface area contributed by atoms with Gasteiger partial charge in [0.15, 0.2) is 5.82 Å². The van der Waals surface area contributed by atoms with Crippen molar-refractivity contribution in [2.24, 2.45) is 5.73 Å². The lowest BCUT2D eigenvalue weighted by atomic mass is 10.1. The van der Waals surface area contributed by atoms with Crippen molar-refractivity contribution in [2.45, 2.75) is 25.8 Å². The van der Waals surface area contributed by atoms with Gasteiger partial charge in [0.25, 0.3) is 0 Å². The van der Waals surface area contributed by atoms with Crippen LogP contribution in [-0.4, -0.2) is 33.9 Å².